The number of amides is 2. The van der Waals surface area contributed by atoms with Crippen molar-refractivity contribution in [1.29, 1.82) is 0 Å². The largest absolute Gasteiger partial charge is 0.446 e. The van der Waals surface area contributed by atoms with Crippen molar-refractivity contribution in [2.24, 2.45) is 0 Å². The first-order valence-electron chi connectivity index (χ1n) is 11.3. The molecule has 2 atom stereocenters. The number of nitrogens with zero attached hydrogens (tertiary/aromatic N) is 1. The molecule has 0 aliphatic heterocycles. The Morgan fingerprint density at radius 2 is 2.09 bits per heavy atom. The Labute approximate surface area is 203 Å². The molecule has 2 amide bonds. The van der Waals surface area contributed by atoms with E-state index in [4.69, 9.17) is 11.2 Å². The molecule has 1 aliphatic carbocycles. The van der Waals surface area contributed by atoms with Gasteiger partial charge in [-0.15, -0.1) is 17.8 Å². The van der Waals surface area contributed by atoms with E-state index < -0.39 is 6.09 Å². The summed E-state index contributed by atoms with van der Waals surface area (Å²) in [7, 11) is 0. The Hall–Kier alpha value is -3.63. The average Bonchev–Trinajstić information content (AvgIpc) is 3.19. The van der Waals surface area contributed by atoms with Crippen LogP contribution in [0.5, 0.6) is 0 Å². The van der Waals surface area contributed by atoms with E-state index in [1.807, 2.05) is 49.4 Å². The van der Waals surface area contributed by atoms with Crippen LogP contribution in [0.3, 0.4) is 0 Å². The fraction of sp³-hybridized carbons (Fsp3) is 0.296. The van der Waals surface area contributed by atoms with Crippen LogP contribution in [0, 0.1) is 12.3 Å². The number of aromatic nitrogens is 1. The summed E-state index contributed by atoms with van der Waals surface area (Å²) in [5.41, 5.74) is 3.86. The first-order valence-corrected chi connectivity index (χ1v) is 12.1. The quantitative estimate of drug-likeness (QED) is 0.471. The van der Waals surface area contributed by atoms with Gasteiger partial charge in [0, 0.05) is 36.7 Å². The molecule has 4 rings (SSSR count). The van der Waals surface area contributed by atoms with Crippen LogP contribution in [0.4, 0.5) is 9.80 Å². The molecule has 174 valence electrons. The standard InChI is InChI=1S/C27H27N3O3S/c1-3-22-23-12-11-21(33-27(32)29-17-19-8-7-13-28-16-19)15-24(23)34-26(22)30-25(31)14-18(2)20-9-5-4-6-10-20/h1,4-10,13,16,18,21H,11-12,14-15,17H2,2H3,(H,29,32)(H,30,31). The molecule has 2 N–H and O–H groups in total. The highest BCUT2D eigenvalue weighted by Gasteiger charge is 2.28. The predicted molar refractivity (Wildman–Crippen MR) is 134 cm³/mol. The molecule has 3 aromatic rings. The van der Waals surface area contributed by atoms with Crippen LogP contribution in [0.2, 0.25) is 0 Å². The Morgan fingerprint density at radius 1 is 1.26 bits per heavy atom. The van der Waals surface area contributed by atoms with Crippen molar-refractivity contribution in [3.63, 3.8) is 0 Å². The Balaban J connectivity index is 1.34. The molecule has 0 saturated heterocycles. The van der Waals surface area contributed by atoms with Gasteiger partial charge in [0.25, 0.3) is 0 Å². The lowest BCUT2D eigenvalue weighted by atomic mass is 9.93. The number of benzene rings is 1. The van der Waals surface area contributed by atoms with Crippen LogP contribution in [-0.4, -0.2) is 23.1 Å². The third-order valence-corrected chi connectivity index (χ3v) is 7.08. The molecular weight excluding hydrogens is 446 g/mol. The second-order valence-electron chi connectivity index (χ2n) is 8.40. The summed E-state index contributed by atoms with van der Waals surface area (Å²) in [4.78, 5) is 30.1. The zero-order chi connectivity index (χ0) is 23.9. The minimum absolute atomic E-state index is 0.0611. The summed E-state index contributed by atoms with van der Waals surface area (Å²) in [6.45, 7) is 2.40. The van der Waals surface area contributed by atoms with E-state index in [9.17, 15) is 9.59 Å². The van der Waals surface area contributed by atoms with Gasteiger partial charge in [-0.2, -0.15) is 0 Å². The number of carbonyl (C=O) groups is 2. The first-order chi connectivity index (χ1) is 16.5. The van der Waals surface area contributed by atoms with Gasteiger partial charge in [0.2, 0.25) is 5.91 Å². The molecule has 0 spiro atoms. The van der Waals surface area contributed by atoms with Crippen molar-refractivity contribution in [2.45, 2.75) is 51.2 Å². The molecular formula is C27H27N3O3S. The summed E-state index contributed by atoms with van der Waals surface area (Å²) >= 11 is 1.48. The second-order valence-corrected chi connectivity index (χ2v) is 9.51. The van der Waals surface area contributed by atoms with Gasteiger partial charge >= 0.3 is 6.09 Å². The zero-order valence-electron chi connectivity index (χ0n) is 19.0. The van der Waals surface area contributed by atoms with Gasteiger partial charge in [-0.05, 0) is 41.5 Å². The lowest BCUT2D eigenvalue weighted by Crippen LogP contribution is -2.31. The normalized spacial score (nSPS) is 15.5. The highest BCUT2D eigenvalue weighted by Crippen LogP contribution is 2.38. The third-order valence-electron chi connectivity index (χ3n) is 5.91. The van der Waals surface area contributed by atoms with Crippen molar-refractivity contribution in [1.82, 2.24) is 10.3 Å². The summed E-state index contributed by atoms with van der Waals surface area (Å²) in [6, 6.07) is 13.7. The molecule has 0 saturated carbocycles. The number of thiophene rings is 1. The molecule has 0 radical (unpaired) electrons. The maximum Gasteiger partial charge on any atom is 0.407 e. The fourth-order valence-electron chi connectivity index (χ4n) is 4.12. The van der Waals surface area contributed by atoms with E-state index in [2.05, 4.69) is 21.5 Å². The number of carbonyl (C=O) groups excluding carboxylic acids is 2. The number of hydrogen-bond donors (Lipinski definition) is 2. The minimum Gasteiger partial charge on any atom is -0.446 e. The van der Waals surface area contributed by atoms with E-state index in [0.717, 1.165) is 27.1 Å². The van der Waals surface area contributed by atoms with E-state index >= 15 is 0 Å². The first kappa shape index (κ1) is 23.5. The Kier molecular flexibility index (Phi) is 7.61. The number of terminal acetylenes is 1. The number of ether oxygens (including phenoxy) is 1. The number of hydrogen-bond acceptors (Lipinski definition) is 5. The molecule has 0 bridgehead atoms. The summed E-state index contributed by atoms with van der Waals surface area (Å²) in [6.07, 6.45) is 10.9. The fourth-order valence-corrected chi connectivity index (χ4v) is 5.41. The van der Waals surface area contributed by atoms with Crippen LogP contribution >= 0.6 is 11.3 Å². The van der Waals surface area contributed by atoms with Crippen molar-refractivity contribution < 1.29 is 14.3 Å². The SMILES string of the molecule is C#Cc1c(NC(=O)CC(C)c2ccccc2)sc2c1CCC(OC(=O)NCc1cccnc1)C2. The maximum atomic E-state index is 12.7. The molecule has 1 aliphatic rings. The van der Waals surface area contributed by atoms with Gasteiger partial charge in [-0.3, -0.25) is 9.78 Å². The van der Waals surface area contributed by atoms with Crippen LogP contribution in [-0.2, 0) is 28.9 Å². The van der Waals surface area contributed by atoms with E-state index in [0.29, 0.717) is 37.2 Å². The van der Waals surface area contributed by atoms with E-state index in [1.165, 1.54) is 11.3 Å². The van der Waals surface area contributed by atoms with Gasteiger partial charge in [0.1, 0.15) is 11.1 Å². The highest BCUT2D eigenvalue weighted by atomic mass is 32.1. The number of fused-ring (bicyclic) bond motifs is 1. The second kappa shape index (κ2) is 11.0. The van der Waals surface area contributed by atoms with Crippen LogP contribution in [0.1, 0.15) is 52.8 Å². The van der Waals surface area contributed by atoms with Gasteiger partial charge in [-0.25, -0.2) is 4.79 Å². The van der Waals surface area contributed by atoms with Crippen molar-refractivity contribution >= 4 is 28.3 Å². The topological polar surface area (TPSA) is 80.3 Å². The summed E-state index contributed by atoms with van der Waals surface area (Å²) in [5.74, 6) is 2.80. The van der Waals surface area contributed by atoms with Crippen molar-refractivity contribution in [2.75, 3.05) is 5.32 Å². The van der Waals surface area contributed by atoms with E-state index in [-0.39, 0.29) is 17.9 Å². The van der Waals surface area contributed by atoms with Gasteiger partial charge in [-0.1, -0.05) is 49.2 Å². The lowest BCUT2D eigenvalue weighted by Gasteiger charge is -2.22. The van der Waals surface area contributed by atoms with Crippen molar-refractivity contribution in [3.05, 3.63) is 82.0 Å². The smallest absolute Gasteiger partial charge is 0.407 e. The monoisotopic (exact) mass is 473 g/mol. The zero-order valence-corrected chi connectivity index (χ0v) is 19.9. The minimum atomic E-state index is -0.450. The Morgan fingerprint density at radius 3 is 2.82 bits per heavy atom. The number of alkyl carbamates (subject to hydrolysis) is 1. The maximum absolute atomic E-state index is 12.7. The molecule has 1 aromatic carbocycles. The van der Waals surface area contributed by atoms with Crippen LogP contribution < -0.4 is 10.6 Å². The highest BCUT2D eigenvalue weighted by molar-refractivity contribution is 7.16. The molecule has 0 fully saturated rings. The van der Waals surface area contributed by atoms with Gasteiger partial charge in [0.15, 0.2) is 0 Å². The molecule has 7 heteroatoms. The lowest BCUT2D eigenvalue weighted by molar-refractivity contribution is -0.116. The number of rotatable bonds is 7. The predicted octanol–water partition coefficient (Wildman–Crippen LogP) is 5.04. The molecule has 2 aromatic heterocycles. The molecule has 6 nitrogen and oxygen atoms in total. The number of pyridine rings is 1. The van der Waals surface area contributed by atoms with Crippen LogP contribution in [0.15, 0.2) is 54.9 Å². The number of anilines is 1. The van der Waals surface area contributed by atoms with Gasteiger partial charge < -0.3 is 15.4 Å². The van der Waals surface area contributed by atoms with Crippen molar-refractivity contribution in [3.8, 4) is 12.3 Å². The van der Waals surface area contributed by atoms with E-state index in [1.54, 1.807) is 12.4 Å². The summed E-state index contributed by atoms with van der Waals surface area (Å²) in [5, 5.41) is 6.50. The average molecular weight is 474 g/mol. The van der Waals surface area contributed by atoms with Crippen LogP contribution in [0.25, 0.3) is 0 Å². The Bertz CT molecular complexity index is 1190. The molecule has 2 unspecified atom stereocenters. The van der Waals surface area contributed by atoms with Gasteiger partial charge in [0.05, 0.1) is 5.56 Å². The summed E-state index contributed by atoms with van der Waals surface area (Å²) < 4.78 is 5.63. The number of nitrogens with one attached hydrogen (secondary N) is 2. The molecule has 34 heavy (non-hydrogen) atoms. The molecule has 2 heterocycles. The third kappa shape index (κ3) is 5.83.